The lowest BCUT2D eigenvalue weighted by Gasteiger charge is -2.24. The lowest BCUT2D eigenvalue weighted by Crippen LogP contribution is -2.37. The Bertz CT molecular complexity index is 1240. The number of esters is 2. The first-order chi connectivity index (χ1) is 31.5. The minimum Gasteiger partial charge on any atom is -0.462 e. The standard InChI is InChI=1S/C55H102NO8P/c1-6-8-10-12-14-16-18-19-20-21-22-23-24-25-26-27-28-29-30-31-32-33-34-35-36-37-38-40-42-44-46-48-55(58)64-53(52-63-65(59,60)62-50-49-56(3,4)5)51-61-54(57)47-45-43-41-39-17-15-13-11-9-7-2/h11,13,18-19,21-22,24-25,53H,6-10,12,14-17,20,23,26-52H2,1-5H3/p+1/b13-11-,19-18-,22-21-,25-24-. The largest absolute Gasteiger partial charge is 0.472 e. The molecule has 380 valence electrons. The normalized spacial score (nSPS) is 13.8. The van der Waals surface area contributed by atoms with E-state index in [1.165, 1.54) is 135 Å². The maximum Gasteiger partial charge on any atom is 0.472 e. The van der Waals surface area contributed by atoms with Crippen molar-refractivity contribution in [1.82, 2.24) is 0 Å². The van der Waals surface area contributed by atoms with Crippen molar-refractivity contribution in [2.45, 2.75) is 245 Å². The van der Waals surface area contributed by atoms with Gasteiger partial charge in [-0.05, 0) is 70.6 Å². The molecule has 0 spiro atoms. The van der Waals surface area contributed by atoms with E-state index in [-0.39, 0.29) is 32.0 Å². The zero-order valence-corrected chi connectivity index (χ0v) is 43.9. The van der Waals surface area contributed by atoms with Crippen molar-refractivity contribution in [1.29, 1.82) is 0 Å². The van der Waals surface area contributed by atoms with E-state index in [4.69, 9.17) is 18.5 Å². The topological polar surface area (TPSA) is 108 Å². The number of hydrogen-bond acceptors (Lipinski definition) is 7. The lowest BCUT2D eigenvalue weighted by atomic mass is 10.0. The molecule has 0 radical (unpaired) electrons. The Labute approximate surface area is 401 Å². The maximum atomic E-state index is 12.7. The summed E-state index contributed by atoms with van der Waals surface area (Å²) in [6.45, 7) is 4.35. The zero-order valence-electron chi connectivity index (χ0n) is 43.0. The van der Waals surface area contributed by atoms with Crippen LogP contribution in [0.15, 0.2) is 48.6 Å². The molecule has 0 bridgehead atoms. The number of carbonyl (C=O) groups excluding carboxylic acids is 2. The van der Waals surface area contributed by atoms with Crippen molar-refractivity contribution in [2.24, 2.45) is 0 Å². The Balaban J connectivity index is 4.02. The van der Waals surface area contributed by atoms with Gasteiger partial charge in [-0.25, -0.2) is 4.57 Å². The van der Waals surface area contributed by atoms with Crippen molar-refractivity contribution in [3.05, 3.63) is 48.6 Å². The van der Waals surface area contributed by atoms with Crippen LogP contribution < -0.4 is 0 Å². The van der Waals surface area contributed by atoms with Gasteiger partial charge in [0.2, 0.25) is 0 Å². The van der Waals surface area contributed by atoms with E-state index in [1.54, 1.807) is 0 Å². The first kappa shape index (κ1) is 63.0. The van der Waals surface area contributed by atoms with Gasteiger partial charge >= 0.3 is 19.8 Å². The van der Waals surface area contributed by atoms with Gasteiger partial charge in [-0.3, -0.25) is 18.6 Å². The molecule has 0 fully saturated rings. The molecule has 0 aromatic heterocycles. The summed E-state index contributed by atoms with van der Waals surface area (Å²) in [5.74, 6) is -0.806. The van der Waals surface area contributed by atoms with E-state index in [1.807, 2.05) is 21.1 Å². The minimum absolute atomic E-state index is 0.0304. The van der Waals surface area contributed by atoms with Crippen molar-refractivity contribution in [3.8, 4) is 0 Å². The molecule has 0 saturated carbocycles. The Morgan fingerprint density at radius 2 is 0.862 bits per heavy atom. The number of likely N-dealkylation sites (N-methyl/N-ethyl adjacent to an activating group) is 1. The van der Waals surface area contributed by atoms with Crippen LogP contribution in [0.4, 0.5) is 0 Å². The van der Waals surface area contributed by atoms with Gasteiger partial charge in [0.05, 0.1) is 27.7 Å². The number of phosphoric ester groups is 1. The van der Waals surface area contributed by atoms with Gasteiger partial charge in [0.15, 0.2) is 6.10 Å². The van der Waals surface area contributed by atoms with Crippen LogP contribution >= 0.6 is 7.82 Å². The molecule has 0 rings (SSSR count). The van der Waals surface area contributed by atoms with Crippen molar-refractivity contribution in [3.63, 3.8) is 0 Å². The van der Waals surface area contributed by atoms with Crippen LogP contribution in [0.1, 0.15) is 239 Å². The fourth-order valence-electron chi connectivity index (χ4n) is 7.38. The molecule has 0 aliphatic rings. The van der Waals surface area contributed by atoms with Gasteiger partial charge in [0, 0.05) is 12.8 Å². The highest BCUT2D eigenvalue weighted by molar-refractivity contribution is 7.47. The van der Waals surface area contributed by atoms with Crippen LogP contribution in [-0.4, -0.2) is 74.9 Å². The third-order valence-corrected chi connectivity index (χ3v) is 12.5. The molecule has 0 aromatic rings. The first-order valence-corrected chi connectivity index (χ1v) is 28.4. The zero-order chi connectivity index (χ0) is 47.8. The van der Waals surface area contributed by atoms with E-state index in [9.17, 15) is 19.0 Å². The summed E-state index contributed by atoms with van der Waals surface area (Å²) in [6.07, 6.45) is 57.7. The van der Waals surface area contributed by atoms with Crippen LogP contribution in [-0.2, 0) is 32.7 Å². The van der Waals surface area contributed by atoms with E-state index < -0.39 is 26.5 Å². The van der Waals surface area contributed by atoms with Gasteiger partial charge in [0.1, 0.15) is 19.8 Å². The molecule has 2 atom stereocenters. The number of allylic oxidation sites excluding steroid dienone is 8. The quantitative estimate of drug-likeness (QED) is 0.0211. The number of phosphoric acid groups is 1. The summed E-state index contributed by atoms with van der Waals surface area (Å²) in [6, 6.07) is 0. The molecule has 0 heterocycles. The summed E-state index contributed by atoms with van der Waals surface area (Å²) in [5, 5.41) is 0. The highest BCUT2D eigenvalue weighted by Gasteiger charge is 2.27. The number of rotatable bonds is 49. The molecular formula is C55H103NO8P+. The van der Waals surface area contributed by atoms with Crippen molar-refractivity contribution in [2.75, 3.05) is 47.5 Å². The van der Waals surface area contributed by atoms with Gasteiger partial charge in [0.25, 0.3) is 0 Å². The predicted molar refractivity (Wildman–Crippen MR) is 275 cm³/mol. The predicted octanol–water partition coefficient (Wildman–Crippen LogP) is 16.2. The Hall–Kier alpha value is -2.03. The fraction of sp³-hybridized carbons (Fsp3) is 0.818. The van der Waals surface area contributed by atoms with Crippen molar-refractivity contribution < 1.29 is 42.1 Å². The number of nitrogens with zero attached hydrogens (tertiary/aromatic N) is 1. The summed E-state index contributed by atoms with van der Waals surface area (Å²) in [7, 11) is 1.47. The molecule has 10 heteroatoms. The summed E-state index contributed by atoms with van der Waals surface area (Å²) >= 11 is 0. The number of ether oxygens (including phenoxy) is 2. The lowest BCUT2D eigenvalue weighted by molar-refractivity contribution is -0.870. The number of carbonyl (C=O) groups is 2. The van der Waals surface area contributed by atoms with E-state index >= 15 is 0 Å². The van der Waals surface area contributed by atoms with Gasteiger partial charge in [-0.15, -0.1) is 0 Å². The molecule has 0 aromatic carbocycles. The number of unbranched alkanes of at least 4 members (excludes halogenated alkanes) is 27. The van der Waals surface area contributed by atoms with E-state index in [2.05, 4.69) is 62.5 Å². The third-order valence-electron chi connectivity index (χ3n) is 11.6. The molecule has 65 heavy (non-hydrogen) atoms. The highest BCUT2D eigenvalue weighted by atomic mass is 31.2. The van der Waals surface area contributed by atoms with Crippen LogP contribution in [0.2, 0.25) is 0 Å². The second-order valence-corrected chi connectivity index (χ2v) is 20.7. The Morgan fingerprint density at radius 3 is 1.31 bits per heavy atom. The van der Waals surface area contributed by atoms with E-state index in [0.29, 0.717) is 17.4 Å². The maximum absolute atomic E-state index is 12.7. The van der Waals surface area contributed by atoms with Crippen LogP contribution in [0.3, 0.4) is 0 Å². The smallest absolute Gasteiger partial charge is 0.462 e. The monoisotopic (exact) mass is 937 g/mol. The molecule has 0 amide bonds. The van der Waals surface area contributed by atoms with Gasteiger partial charge in [-0.1, -0.05) is 204 Å². The molecule has 2 unspecified atom stereocenters. The average Bonchev–Trinajstić information content (AvgIpc) is 3.26. The van der Waals surface area contributed by atoms with Gasteiger partial charge < -0.3 is 18.9 Å². The molecular weight excluding hydrogens is 834 g/mol. The van der Waals surface area contributed by atoms with Crippen LogP contribution in [0.5, 0.6) is 0 Å². The molecule has 9 nitrogen and oxygen atoms in total. The third kappa shape index (κ3) is 51.2. The second-order valence-electron chi connectivity index (χ2n) is 19.3. The summed E-state index contributed by atoms with van der Waals surface area (Å²) in [5.41, 5.74) is 0. The molecule has 0 aliphatic heterocycles. The highest BCUT2D eigenvalue weighted by Crippen LogP contribution is 2.43. The van der Waals surface area contributed by atoms with Crippen LogP contribution in [0, 0.1) is 0 Å². The molecule has 0 aliphatic carbocycles. The second kappa shape index (κ2) is 47.1. The summed E-state index contributed by atoms with van der Waals surface area (Å²) < 4.78 is 34.4. The minimum atomic E-state index is -4.38. The Kier molecular flexibility index (Phi) is 45.6. The van der Waals surface area contributed by atoms with Crippen molar-refractivity contribution >= 4 is 19.8 Å². The molecule has 0 saturated heterocycles. The summed E-state index contributed by atoms with van der Waals surface area (Å²) in [4.78, 5) is 35.4. The number of hydrogen-bond donors (Lipinski definition) is 1. The first-order valence-electron chi connectivity index (χ1n) is 26.9. The average molecular weight is 937 g/mol. The van der Waals surface area contributed by atoms with Gasteiger partial charge in [-0.2, -0.15) is 0 Å². The Morgan fingerprint density at radius 1 is 0.477 bits per heavy atom. The van der Waals surface area contributed by atoms with E-state index in [0.717, 1.165) is 70.6 Å². The number of quaternary nitrogens is 1. The fourth-order valence-corrected chi connectivity index (χ4v) is 8.12. The van der Waals surface area contributed by atoms with Crippen LogP contribution in [0.25, 0.3) is 0 Å². The SMILES string of the molecule is CCC/C=C\CCCCCCCC(=O)OCC(COP(=O)(O)OCC[N+](C)(C)C)OC(=O)CCCCCCCCCCCCCCCCCC/C=C\C/C=C\C/C=C\CCCCCCC. The molecule has 1 N–H and O–H groups in total.